The fourth-order valence-corrected chi connectivity index (χ4v) is 3.12. The van der Waals surface area contributed by atoms with Crippen LogP contribution in [0.5, 0.6) is 0 Å². The van der Waals surface area contributed by atoms with Gasteiger partial charge in [0.2, 0.25) is 15.9 Å². The summed E-state index contributed by atoms with van der Waals surface area (Å²) in [6.07, 6.45) is 4.91. The highest BCUT2D eigenvalue weighted by atomic mass is 32.2. The Kier molecular flexibility index (Phi) is 4.84. The molecule has 0 aliphatic heterocycles. The van der Waals surface area contributed by atoms with E-state index in [1.165, 1.54) is 0 Å². The van der Waals surface area contributed by atoms with Gasteiger partial charge in [0, 0.05) is 17.4 Å². The minimum atomic E-state index is -3.29. The molecule has 1 aliphatic rings. The molecule has 2 rings (SSSR count). The van der Waals surface area contributed by atoms with Crippen LogP contribution in [0, 0.1) is 5.92 Å². The van der Waals surface area contributed by atoms with Crippen molar-refractivity contribution in [1.82, 2.24) is 0 Å². The number of benzene rings is 1. The van der Waals surface area contributed by atoms with Crippen LogP contribution in [0.2, 0.25) is 0 Å². The van der Waals surface area contributed by atoms with Gasteiger partial charge in [0.05, 0.1) is 12.2 Å². The first-order chi connectivity index (χ1) is 9.85. The average Bonchev–Trinajstić information content (AvgIpc) is 2.40. The van der Waals surface area contributed by atoms with Crippen LogP contribution in [0.1, 0.15) is 25.7 Å². The standard InChI is InChI=1S/C14H21N3O3S/c1-21(19,20)17-11-8-6-10(7-9-11)16-14(18)12-4-2-3-5-13(12)15/h6-9,12-13,17H,2-5,15H2,1H3,(H,16,18). The third-order valence-electron chi connectivity index (χ3n) is 3.61. The second-order valence-electron chi connectivity index (χ2n) is 5.50. The van der Waals surface area contributed by atoms with E-state index in [1.807, 2.05) is 0 Å². The molecule has 1 aliphatic carbocycles. The molecule has 0 radical (unpaired) electrons. The van der Waals surface area contributed by atoms with Crippen LogP contribution < -0.4 is 15.8 Å². The summed E-state index contributed by atoms with van der Waals surface area (Å²) < 4.78 is 24.6. The van der Waals surface area contributed by atoms with Gasteiger partial charge in [0.15, 0.2) is 0 Å². The Bertz CT molecular complexity index is 598. The molecule has 0 heterocycles. The molecule has 21 heavy (non-hydrogen) atoms. The lowest BCUT2D eigenvalue weighted by molar-refractivity contribution is -0.121. The molecule has 1 aromatic carbocycles. The van der Waals surface area contributed by atoms with Crippen LogP contribution in [0.15, 0.2) is 24.3 Å². The fourth-order valence-electron chi connectivity index (χ4n) is 2.56. The largest absolute Gasteiger partial charge is 0.327 e. The molecule has 1 amide bonds. The van der Waals surface area contributed by atoms with Crippen LogP contribution in [0.3, 0.4) is 0 Å². The second-order valence-corrected chi connectivity index (χ2v) is 7.24. The van der Waals surface area contributed by atoms with Crippen molar-refractivity contribution >= 4 is 27.3 Å². The molecule has 0 aromatic heterocycles. The lowest BCUT2D eigenvalue weighted by Gasteiger charge is -2.27. The summed E-state index contributed by atoms with van der Waals surface area (Å²) in [7, 11) is -3.29. The van der Waals surface area contributed by atoms with E-state index in [9.17, 15) is 13.2 Å². The van der Waals surface area contributed by atoms with E-state index in [0.717, 1.165) is 31.9 Å². The number of sulfonamides is 1. The zero-order valence-electron chi connectivity index (χ0n) is 12.0. The van der Waals surface area contributed by atoms with Crippen LogP contribution in [-0.4, -0.2) is 26.6 Å². The zero-order chi connectivity index (χ0) is 15.5. The van der Waals surface area contributed by atoms with Crippen molar-refractivity contribution in [2.24, 2.45) is 11.7 Å². The maximum absolute atomic E-state index is 12.2. The van der Waals surface area contributed by atoms with Crippen LogP contribution >= 0.6 is 0 Å². The average molecular weight is 311 g/mol. The minimum Gasteiger partial charge on any atom is -0.327 e. The molecule has 1 fully saturated rings. The van der Waals surface area contributed by atoms with Gasteiger partial charge < -0.3 is 11.1 Å². The molecule has 7 heteroatoms. The first-order valence-corrected chi connectivity index (χ1v) is 8.88. The van der Waals surface area contributed by atoms with E-state index in [2.05, 4.69) is 10.0 Å². The van der Waals surface area contributed by atoms with Gasteiger partial charge in [0.1, 0.15) is 0 Å². The summed E-state index contributed by atoms with van der Waals surface area (Å²) in [4.78, 5) is 12.2. The van der Waals surface area contributed by atoms with Crippen molar-refractivity contribution in [3.05, 3.63) is 24.3 Å². The minimum absolute atomic E-state index is 0.0639. The van der Waals surface area contributed by atoms with Gasteiger partial charge in [-0.15, -0.1) is 0 Å². The number of anilines is 2. The Balaban J connectivity index is 1.98. The molecule has 116 valence electrons. The van der Waals surface area contributed by atoms with Crippen LogP contribution in [0.25, 0.3) is 0 Å². The molecular weight excluding hydrogens is 290 g/mol. The summed E-state index contributed by atoms with van der Waals surface area (Å²) >= 11 is 0. The van der Waals surface area contributed by atoms with E-state index in [-0.39, 0.29) is 17.9 Å². The molecule has 2 atom stereocenters. The summed E-state index contributed by atoms with van der Waals surface area (Å²) in [5, 5.41) is 2.84. The zero-order valence-corrected chi connectivity index (χ0v) is 12.8. The normalized spacial score (nSPS) is 22.6. The Hall–Kier alpha value is -1.60. The summed E-state index contributed by atoms with van der Waals surface area (Å²) in [5.74, 6) is -0.210. The summed E-state index contributed by atoms with van der Waals surface area (Å²) in [6, 6.07) is 6.47. The maximum atomic E-state index is 12.2. The third kappa shape index (κ3) is 4.71. The Morgan fingerprint density at radius 1 is 1.14 bits per heavy atom. The predicted molar refractivity (Wildman–Crippen MR) is 83.5 cm³/mol. The monoisotopic (exact) mass is 311 g/mol. The highest BCUT2D eigenvalue weighted by molar-refractivity contribution is 7.92. The smallest absolute Gasteiger partial charge is 0.229 e. The second kappa shape index (κ2) is 6.44. The van der Waals surface area contributed by atoms with E-state index >= 15 is 0 Å². The van der Waals surface area contributed by atoms with Crippen molar-refractivity contribution in [2.75, 3.05) is 16.3 Å². The van der Waals surface area contributed by atoms with Crippen molar-refractivity contribution in [2.45, 2.75) is 31.7 Å². The lowest BCUT2D eigenvalue weighted by Crippen LogP contribution is -2.40. The quantitative estimate of drug-likeness (QED) is 0.784. The number of rotatable bonds is 4. The fraction of sp³-hybridized carbons (Fsp3) is 0.500. The van der Waals surface area contributed by atoms with Crippen molar-refractivity contribution in [3.63, 3.8) is 0 Å². The Morgan fingerprint density at radius 3 is 2.29 bits per heavy atom. The van der Waals surface area contributed by atoms with E-state index < -0.39 is 10.0 Å². The molecular formula is C14H21N3O3S. The number of nitrogens with one attached hydrogen (secondary N) is 2. The van der Waals surface area contributed by atoms with Gasteiger partial charge in [-0.3, -0.25) is 9.52 Å². The number of nitrogens with two attached hydrogens (primary N) is 1. The van der Waals surface area contributed by atoms with Gasteiger partial charge in [-0.2, -0.15) is 0 Å². The lowest BCUT2D eigenvalue weighted by atomic mass is 9.84. The van der Waals surface area contributed by atoms with Gasteiger partial charge in [-0.05, 0) is 37.1 Å². The van der Waals surface area contributed by atoms with Gasteiger partial charge in [-0.1, -0.05) is 12.8 Å². The molecule has 1 aromatic rings. The van der Waals surface area contributed by atoms with E-state index in [4.69, 9.17) is 5.73 Å². The maximum Gasteiger partial charge on any atom is 0.229 e. The van der Waals surface area contributed by atoms with Gasteiger partial charge >= 0.3 is 0 Å². The van der Waals surface area contributed by atoms with Crippen LogP contribution in [0.4, 0.5) is 11.4 Å². The number of hydrogen-bond acceptors (Lipinski definition) is 4. The topological polar surface area (TPSA) is 101 Å². The number of carbonyl (C=O) groups excluding carboxylic acids is 1. The molecule has 0 saturated heterocycles. The summed E-state index contributed by atoms with van der Waals surface area (Å²) in [6.45, 7) is 0. The van der Waals surface area contributed by atoms with Crippen molar-refractivity contribution in [1.29, 1.82) is 0 Å². The van der Waals surface area contributed by atoms with Crippen molar-refractivity contribution < 1.29 is 13.2 Å². The molecule has 0 bridgehead atoms. The number of carbonyl (C=O) groups is 1. The summed E-state index contributed by atoms with van der Waals surface area (Å²) in [5.41, 5.74) is 7.09. The molecule has 1 saturated carbocycles. The Morgan fingerprint density at radius 2 is 1.71 bits per heavy atom. The molecule has 4 N–H and O–H groups in total. The third-order valence-corrected chi connectivity index (χ3v) is 4.22. The van der Waals surface area contributed by atoms with E-state index in [0.29, 0.717) is 11.4 Å². The van der Waals surface area contributed by atoms with E-state index in [1.54, 1.807) is 24.3 Å². The highest BCUT2D eigenvalue weighted by Gasteiger charge is 2.28. The SMILES string of the molecule is CS(=O)(=O)Nc1ccc(NC(=O)C2CCCCC2N)cc1. The van der Waals surface area contributed by atoms with Crippen LogP contribution in [-0.2, 0) is 14.8 Å². The molecule has 2 unspecified atom stereocenters. The first kappa shape index (κ1) is 15.8. The highest BCUT2D eigenvalue weighted by Crippen LogP contribution is 2.24. The van der Waals surface area contributed by atoms with Crippen molar-refractivity contribution in [3.8, 4) is 0 Å². The van der Waals surface area contributed by atoms with Gasteiger partial charge in [0.25, 0.3) is 0 Å². The first-order valence-electron chi connectivity index (χ1n) is 6.99. The predicted octanol–water partition coefficient (Wildman–Crippen LogP) is 1.51. The number of amides is 1. The molecule has 0 spiro atoms. The molecule has 6 nitrogen and oxygen atoms in total. The van der Waals surface area contributed by atoms with Gasteiger partial charge in [-0.25, -0.2) is 8.42 Å². The Labute approximate surface area is 125 Å². The number of hydrogen-bond donors (Lipinski definition) is 3.